The molecule has 0 radical (unpaired) electrons. The maximum Gasteiger partial charge on any atom is 0.179 e. The average molecular weight is 282 g/mol. The molecule has 1 saturated carbocycles. The van der Waals surface area contributed by atoms with Crippen LogP contribution >= 0.6 is 11.6 Å². The standard InChI is InChI=1S/C15H20ClNO2/c1-18-15-13(16)6-12(11-4-5-17-8-11)7-14(15)19-9-10-2-3-10/h6-7,10-11,17H,2-5,8-9H2,1H3. The monoisotopic (exact) mass is 281 g/mol. The molecule has 1 saturated heterocycles. The summed E-state index contributed by atoms with van der Waals surface area (Å²) >= 11 is 6.32. The fourth-order valence-electron chi connectivity index (χ4n) is 2.56. The van der Waals surface area contributed by atoms with Gasteiger partial charge in [-0.3, -0.25) is 0 Å². The Morgan fingerprint density at radius 3 is 2.79 bits per heavy atom. The maximum absolute atomic E-state index is 6.32. The number of hydrogen-bond acceptors (Lipinski definition) is 3. The van der Waals surface area contributed by atoms with Crippen molar-refractivity contribution in [3.05, 3.63) is 22.7 Å². The van der Waals surface area contributed by atoms with Crippen molar-refractivity contribution in [1.29, 1.82) is 0 Å². The van der Waals surface area contributed by atoms with Gasteiger partial charge in [0.2, 0.25) is 0 Å². The number of methoxy groups -OCH3 is 1. The van der Waals surface area contributed by atoms with Crippen molar-refractivity contribution < 1.29 is 9.47 Å². The van der Waals surface area contributed by atoms with Gasteiger partial charge >= 0.3 is 0 Å². The van der Waals surface area contributed by atoms with Crippen LogP contribution in [-0.4, -0.2) is 26.8 Å². The van der Waals surface area contributed by atoms with Crippen molar-refractivity contribution in [2.75, 3.05) is 26.8 Å². The number of ether oxygens (including phenoxy) is 2. The van der Waals surface area contributed by atoms with Gasteiger partial charge in [0.05, 0.1) is 18.7 Å². The number of benzene rings is 1. The lowest BCUT2D eigenvalue weighted by molar-refractivity contribution is 0.280. The predicted octanol–water partition coefficient (Wildman–Crippen LogP) is 3.21. The lowest BCUT2D eigenvalue weighted by atomic mass is 9.98. The van der Waals surface area contributed by atoms with Gasteiger partial charge in [-0.25, -0.2) is 0 Å². The van der Waals surface area contributed by atoms with E-state index in [1.54, 1.807) is 7.11 Å². The van der Waals surface area contributed by atoms with Crippen molar-refractivity contribution >= 4 is 11.6 Å². The van der Waals surface area contributed by atoms with Crippen molar-refractivity contribution in [3.8, 4) is 11.5 Å². The van der Waals surface area contributed by atoms with E-state index < -0.39 is 0 Å². The van der Waals surface area contributed by atoms with Crippen LogP contribution in [0.1, 0.15) is 30.7 Å². The molecule has 1 aromatic carbocycles. The van der Waals surface area contributed by atoms with E-state index in [-0.39, 0.29) is 0 Å². The molecule has 0 spiro atoms. The Hall–Kier alpha value is -0.930. The number of halogens is 1. The van der Waals surface area contributed by atoms with Gasteiger partial charge in [-0.2, -0.15) is 0 Å². The van der Waals surface area contributed by atoms with E-state index >= 15 is 0 Å². The first-order valence-electron chi connectivity index (χ1n) is 6.99. The van der Waals surface area contributed by atoms with Crippen molar-refractivity contribution in [2.45, 2.75) is 25.2 Å². The predicted molar refractivity (Wildman–Crippen MR) is 76.5 cm³/mol. The summed E-state index contributed by atoms with van der Waals surface area (Å²) in [5.74, 6) is 2.72. The highest BCUT2D eigenvalue weighted by Gasteiger charge is 2.24. The summed E-state index contributed by atoms with van der Waals surface area (Å²) in [5.41, 5.74) is 1.25. The first-order chi connectivity index (χ1) is 9.28. The van der Waals surface area contributed by atoms with Gasteiger partial charge < -0.3 is 14.8 Å². The van der Waals surface area contributed by atoms with E-state index in [0.717, 1.165) is 37.8 Å². The Kier molecular flexibility index (Phi) is 3.85. The van der Waals surface area contributed by atoms with Crippen LogP contribution in [0.4, 0.5) is 0 Å². The summed E-state index contributed by atoms with van der Waals surface area (Å²) in [6, 6.07) is 4.12. The summed E-state index contributed by atoms with van der Waals surface area (Å²) in [5, 5.41) is 4.03. The summed E-state index contributed by atoms with van der Waals surface area (Å²) in [7, 11) is 1.64. The second-order valence-corrected chi connectivity index (χ2v) is 5.89. The Bertz CT molecular complexity index is 454. The van der Waals surface area contributed by atoms with Gasteiger partial charge in [0.25, 0.3) is 0 Å². The van der Waals surface area contributed by atoms with Crippen LogP contribution in [-0.2, 0) is 0 Å². The molecule has 2 fully saturated rings. The molecule has 3 nitrogen and oxygen atoms in total. The van der Waals surface area contributed by atoms with E-state index in [9.17, 15) is 0 Å². The Balaban J connectivity index is 1.84. The van der Waals surface area contributed by atoms with Gasteiger partial charge in [0.1, 0.15) is 0 Å². The molecule has 1 aliphatic carbocycles. The zero-order valence-electron chi connectivity index (χ0n) is 11.2. The largest absolute Gasteiger partial charge is 0.491 e. The molecule has 1 heterocycles. The molecule has 1 aromatic rings. The van der Waals surface area contributed by atoms with Gasteiger partial charge in [0.15, 0.2) is 11.5 Å². The molecule has 19 heavy (non-hydrogen) atoms. The minimum absolute atomic E-state index is 0.534. The van der Waals surface area contributed by atoms with Crippen LogP contribution in [0.15, 0.2) is 12.1 Å². The normalized spacial score (nSPS) is 22.5. The van der Waals surface area contributed by atoms with E-state index in [0.29, 0.717) is 16.7 Å². The molecule has 1 atom stereocenters. The van der Waals surface area contributed by atoms with Crippen LogP contribution in [0, 0.1) is 5.92 Å². The van der Waals surface area contributed by atoms with Gasteiger partial charge in [-0.05, 0) is 55.3 Å². The second-order valence-electron chi connectivity index (χ2n) is 5.48. The van der Waals surface area contributed by atoms with Crippen LogP contribution in [0.3, 0.4) is 0 Å². The molecule has 3 rings (SSSR count). The SMILES string of the molecule is COc1c(Cl)cc(C2CCNC2)cc1OCC1CC1. The molecule has 1 aliphatic heterocycles. The van der Waals surface area contributed by atoms with Crippen molar-refractivity contribution in [1.82, 2.24) is 5.32 Å². The summed E-state index contributed by atoms with van der Waals surface area (Å²) in [6.45, 7) is 2.87. The van der Waals surface area contributed by atoms with Gasteiger partial charge in [0, 0.05) is 6.54 Å². The van der Waals surface area contributed by atoms with Crippen LogP contribution in [0.2, 0.25) is 5.02 Å². The third kappa shape index (κ3) is 2.98. The quantitative estimate of drug-likeness (QED) is 0.899. The summed E-state index contributed by atoms with van der Waals surface area (Å²) in [4.78, 5) is 0. The van der Waals surface area contributed by atoms with Crippen molar-refractivity contribution in [2.24, 2.45) is 5.92 Å². The molecule has 2 aliphatic rings. The smallest absolute Gasteiger partial charge is 0.179 e. The first kappa shape index (κ1) is 13.1. The topological polar surface area (TPSA) is 30.5 Å². The van der Waals surface area contributed by atoms with E-state index in [2.05, 4.69) is 11.4 Å². The van der Waals surface area contributed by atoms with E-state index in [1.807, 2.05) is 6.07 Å². The average Bonchev–Trinajstić information content (AvgIpc) is 3.07. The minimum Gasteiger partial charge on any atom is -0.491 e. The molecule has 4 heteroatoms. The zero-order valence-corrected chi connectivity index (χ0v) is 12.0. The molecule has 1 N–H and O–H groups in total. The Labute approximate surface area is 119 Å². The lowest BCUT2D eigenvalue weighted by Gasteiger charge is -2.16. The molecule has 104 valence electrons. The molecular weight excluding hydrogens is 262 g/mol. The molecule has 0 aromatic heterocycles. The minimum atomic E-state index is 0.534. The zero-order chi connectivity index (χ0) is 13.2. The molecular formula is C15H20ClNO2. The third-order valence-electron chi connectivity index (χ3n) is 3.94. The molecule has 0 bridgehead atoms. The van der Waals surface area contributed by atoms with Gasteiger partial charge in [-0.15, -0.1) is 0 Å². The number of rotatable bonds is 5. The van der Waals surface area contributed by atoms with E-state index in [1.165, 1.54) is 18.4 Å². The molecule has 0 amide bonds. The number of hydrogen-bond donors (Lipinski definition) is 1. The number of nitrogens with one attached hydrogen (secondary N) is 1. The lowest BCUT2D eigenvalue weighted by Crippen LogP contribution is -2.08. The fraction of sp³-hybridized carbons (Fsp3) is 0.600. The maximum atomic E-state index is 6.32. The Morgan fingerprint density at radius 1 is 1.32 bits per heavy atom. The highest BCUT2D eigenvalue weighted by molar-refractivity contribution is 6.32. The van der Waals surface area contributed by atoms with E-state index in [4.69, 9.17) is 21.1 Å². The van der Waals surface area contributed by atoms with Crippen LogP contribution < -0.4 is 14.8 Å². The second kappa shape index (κ2) is 5.59. The van der Waals surface area contributed by atoms with Gasteiger partial charge in [-0.1, -0.05) is 11.6 Å². The highest BCUT2D eigenvalue weighted by atomic mass is 35.5. The summed E-state index contributed by atoms with van der Waals surface area (Å²) in [6.07, 6.45) is 3.72. The van der Waals surface area contributed by atoms with Crippen molar-refractivity contribution in [3.63, 3.8) is 0 Å². The summed E-state index contributed by atoms with van der Waals surface area (Å²) < 4.78 is 11.3. The fourth-order valence-corrected chi connectivity index (χ4v) is 2.86. The van der Waals surface area contributed by atoms with Crippen LogP contribution in [0.25, 0.3) is 0 Å². The first-order valence-corrected chi connectivity index (χ1v) is 7.36. The Morgan fingerprint density at radius 2 is 2.16 bits per heavy atom. The highest BCUT2D eigenvalue weighted by Crippen LogP contribution is 2.40. The third-order valence-corrected chi connectivity index (χ3v) is 4.22. The molecule has 1 unspecified atom stereocenters. The van der Waals surface area contributed by atoms with Crippen LogP contribution in [0.5, 0.6) is 11.5 Å².